The van der Waals surface area contributed by atoms with Crippen LogP contribution in [0.1, 0.15) is 11.1 Å². The van der Waals surface area contributed by atoms with Crippen molar-refractivity contribution in [2.45, 2.75) is 6.92 Å². The van der Waals surface area contributed by atoms with E-state index >= 15 is 0 Å². The van der Waals surface area contributed by atoms with Crippen molar-refractivity contribution in [3.63, 3.8) is 0 Å². The van der Waals surface area contributed by atoms with Gasteiger partial charge in [-0.05, 0) is 43.3 Å². The summed E-state index contributed by atoms with van der Waals surface area (Å²) in [5, 5.41) is 7.88. The van der Waals surface area contributed by atoms with Crippen molar-refractivity contribution in [3.8, 4) is 5.75 Å². The fourth-order valence-corrected chi connectivity index (χ4v) is 3.44. The summed E-state index contributed by atoms with van der Waals surface area (Å²) in [7, 11) is 0. The molecule has 0 spiro atoms. The summed E-state index contributed by atoms with van der Waals surface area (Å²) in [6.45, 7) is 1.24. The van der Waals surface area contributed by atoms with Crippen LogP contribution >= 0.6 is 0 Å². The van der Waals surface area contributed by atoms with E-state index in [-0.39, 0.29) is 18.2 Å². The quantitative estimate of drug-likeness (QED) is 0.334. The third-order valence-corrected chi connectivity index (χ3v) is 5.23. The second-order valence-corrected chi connectivity index (χ2v) is 8.03. The van der Waals surface area contributed by atoms with Gasteiger partial charge in [-0.1, -0.05) is 54.1 Å². The van der Waals surface area contributed by atoms with Crippen molar-refractivity contribution in [1.29, 1.82) is 0 Å². The largest absolute Gasteiger partial charge is 0.483 e. The van der Waals surface area contributed by atoms with Crippen LogP contribution < -0.4 is 20.7 Å². The molecular weight excluding hydrogens is 460 g/mol. The van der Waals surface area contributed by atoms with Crippen molar-refractivity contribution >= 4 is 41.2 Å². The maximum Gasteiger partial charge on any atom is 0.329 e. The van der Waals surface area contributed by atoms with Crippen molar-refractivity contribution in [1.82, 2.24) is 10.2 Å². The van der Waals surface area contributed by atoms with Gasteiger partial charge in [-0.15, -0.1) is 0 Å². The first kappa shape index (κ1) is 24.2. The number of amides is 5. The lowest BCUT2D eigenvalue weighted by atomic mass is 10.1. The minimum Gasteiger partial charge on any atom is -0.483 e. The number of hydrogen-bond donors (Lipinski definition) is 3. The van der Waals surface area contributed by atoms with Crippen molar-refractivity contribution in [2.75, 3.05) is 23.8 Å². The van der Waals surface area contributed by atoms with Gasteiger partial charge in [-0.25, -0.2) is 9.69 Å². The average Bonchev–Trinajstić information content (AvgIpc) is 3.13. The van der Waals surface area contributed by atoms with Crippen LogP contribution in [0, 0.1) is 6.92 Å². The van der Waals surface area contributed by atoms with E-state index in [1.165, 1.54) is 6.08 Å². The Balaban J connectivity index is 1.39. The molecule has 1 fully saturated rings. The molecule has 36 heavy (non-hydrogen) atoms. The standard InChI is InChI=1S/C27H24N4O5/c1-18-11-13-21(14-12-18)28-24(32)16-31-26(34)22(30-27(31)35)15-19-7-5-6-10-23(19)36-17-25(33)29-20-8-3-2-4-9-20/h2-15H,16-17H2,1H3,(H,28,32)(H,29,33)(H,30,35). The highest BCUT2D eigenvalue weighted by molar-refractivity contribution is 6.16. The smallest absolute Gasteiger partial charge is 0.329 e. The summed E-state index contributed by atoms with van der Waals surface area (Å²) >= 11 is 0. The third-order valence-electron chi connectivity index (χ3n) is 5.23. The van der Waals surface area contributed by atoms with Crippen LogP contribution in [0.5, 0.6) is 5.75 Å². The number of urea groups is 1. The van der Waals surface area contributed by atoms with Gasteiger partial charge in [0, 0.05) is 16.9 Å². The Morgan fingerprint density at radius 2 is 1.50 bits per heavy atom. The number of carbonyl (C=O) groups is 4. The lowest BCUT2D eigenvalue weighted by Crippen LogP contribution is -2.38. The maximum absolute atomic E-state index is 12.8. The Hall–Kier alpha value is -4.92. The molecule has 182 valence electrons. The Morgan fingerprint density at radius 1 is 0.861 bits per heavy atom. The van der Waals surface area contributed by atoms with E-state index in [2.05, 4.69) is 16.0 Å². The topological polar surface area (TPSA) is 117 Å². The van der Waals surface area contributed by atoms with Crippen LogP contribution in [0.3, 0.4) is 0 Å². The molecule has 0 bridgehead atoms. The first-order valence-electron chi connectivity index (χ1n) is 11.2. The summed E-state index contributed by atoms with van der Waals surface area (Å²) in [6.07, 6.45) is 1.45. The van der Waals surface area contributed by atoms with Gasteiger partial charge in [0.2, 0.25) is 5.91 Å². The molecule has 0 unspecified atom stereocenters. The molecule has 1 saturated heterocycles. The molecule has 0 radical (unpaired) electrons. The van der Waals surface area contributed by atoms with Gasteiger partial charge in [-0.2, -0.15) is 0 Å². The summed E-state index contributed by atoms with van der Waals surface area (Å²) < 4.78 is 5.65. The van der Waals surface area contributed by atoms with Crippen LogP contribution in [0.25, 0.3) is 6.08 Å². The first-order chi connectivity index (χ1) is 17.4. The van der Waals surface area contributed by atoms with E-state index in [4.69, 9.17) is 4.74 Å². The van der Waals surface area contributed by atoms with Gasteiger partial charge in [0.05, 0.1) is 0 Å². The predicted octanol–water partition coefficient (Wildman–Crippen LogP) is 3.54. The Bertz CT molecular complexity index is 1320. The number of nitrogens with zero attached hydrogens (tertiary/aromatic N) is 1. The molecular formula is C27H24N4O5. The SMILES string of the molecule is Cc1ccc(NC(=O)CN2C(=O)NC(=Cc3ccccc3OCC(=O)Nc3ccccc3)C2=O)cc1. The van der Waals surface area contributed by atoms with Crippen LogP contribution in [0.2, 0.25) is 0 Å². The molecule has 3 N–H and O–H groups in total. The zero-order valence-corrected chi connectivity index (χ0v) is 19.5. The average molecular weight is 485 g/mol. The fraction of sp³-hybridized carbons (Fsp3) is 0.111. The lowest BCUT2D eigenvalue weighted by Gasteiger charge is -2.12. The van der Waals surface area contributed by atoms with E-state index < -0.39 is 24.4 Å². The van der Waals surface area contributed by atoms with Crippen LogP contribution in [0.15, 0.2) is 84.6 Å². The highest BCUT2D eigenvalue weighted by atomic mass is 16.5. The monoisotopic (exact) mass is 484 g/mol. The number of aryl methyl sites for hydroxylation is 1. The summed E-state index contributed by atoms with van der Waals surface area (Å²) in [4.78, 5) is 50.6. The van der Waals surface area contributed by atoms with Gasteiger partial charge in [0.25, 0.3) is 11.8 Å². The van der Waals surface area contributed by atoms with Crippen LogP contribution in [-0.2, 0) is 14.4 Å². The molecule has 3 aromatic carbocycles. The molecule has 9 heteroatoms. The zero-order valence-electron chi connectivity index (χ0n) is 19.5. The van der Waals surface area contributed by atoms with Gasteiger partial charge >= 0.3 is 6.03 Å². The van der Waals surface area contributed by atoms with Gasteiger partial charge in [0.15, 0.2) is 6.61 Å². The number of imide groups is 1. The predicted molar refractivity (Wildman–Crippen MR) is 135 cm³/mol. The zero-order chi connectivity index (χ0) is 25.5. The first-order valence-corrected chi connectivity index (χ1v) is 11.2. The maximum atomic E-state index is 12.8. The lowest BCUT2D eigenvalue weighted by molar-refractivity contribution is -0.127. The van der Waals surface area contributed by atoms with E-state index in [0.717, 1.165) is 10.5 Å². The summed E-state index contributed by atoms with van der Waals surface area (Å²) in [5.41, 5.74) is 2.73. The molecule has 0 aromatic heterocycles. The Kier molecular flexibility index (Phi) is 7.40. The summed E-state index contributed by atoms with van der Waals surface area (Å²) in [5.74, 6) is -1.14. The number of ether oxygens (including phenoxy) is 1. The van der Waals surface area contributed by atoms with Gasteiger partial charge < -0.3 is 20.7 Å². The van der Waals surface area contributed by atoms with Crippen molar-refractivity contribution < 1.29 is 23.9 Å². The van der Waals surface area contributed by atoms with Crippen LogP contribution in [0.4, 0.5) is 16.2 Å². The van der Waals surface area contributed by atoms with Crippen molar-refractivity contribution in [2.24, 2.45) is 0 Å². The molecule has 1 aliphatic heterocycles. The molecule has 1 aliphatic rings. The van der Waals surface area contributed by atoms with Crippen LogP contribution in [-0.4, -0.2) is 41.8 Å². The molecule has 5 amide bonds. The van der Waals surface area contributed by atoms with E-state index in [0.29, 0.717) is 22.7 Å². The molecule has 4 rings (SSSR count). The number of hydrogen-bond acceptors (Lipinski definition) is 5. The van der Waals surface area contributed by atoms with E-state index in [9.17, 15) is 19.2 Å². The minimum atomic E-state index is -0.703. The normalized spacial score (nSPS) is 13.9. The number of benzene rings is 3. The summed E-state index contributed by atoms with van der Waals surface area (Å²) in [6, 6.07) is 22.2. The number of para-hydroxylation sites is 2. The van der Waals surface area contributed by atoms with Crippen molar-refractivity contribution in [3.05, 3.63) is 95.7 Å². The molecule has 1 heterocycles. The number of anilines is 2. The van der Waals surface area contributed by atoms with E-state index in [1.807, 2.05) is 25.1 Å². The fourth-order valence-electron chi connectivity index (χ4n) is 3.44. The Labute approximate surface area is 207 Å². The second kappa shape index (κ2) is 11.0. The van der Waals surface area contributed by atoms with Gasteiger partial charge in [0.1, 0.15) is 18.0 Å². The van der Waals surface area contributed by atoms with Gasteiger partial charge in [-0.3, -0.25) is 14.4 Å². The number of carbonyl (C=O) groups excluding carboxylic acids is 4. The number of rotatable bonds is 8. The molecule has 3 aromatic rings. The highest BCUT2D eigenvalue weighted by Gasteiger charge is 2.35. The highest BCUT2D eigenvalue weighted by Crippen LogP contribution is 2.23. The Morgan fingerprint density at radius 3 is 2.25 bits per heavy atom. The second-order valence-electron chi connectivity index (χ2n) is 8.03. The third kappa shape index (κ3) is 6.15. The molecule has 0 atom stereocenters. The molecule has 0 aliphatic carbocycles. The minimum absolute atomic E-state index is 0.00655. The molecule has 0 saturated carbocycles. The molecule has 9 nitrogen and oxygen atoms in total. The number of nitrogens with one attached hydrogen (secondary N) is 3. The van der Waals surface area contributed by atoms with E-state index in [1.54, 1.807) is 60.7 Å².